The number of nitrogens with zero attached hydrogens (tertiary/aromatic N) is 3. The zero-order chi connectivity index (χ0) is 23.8. The van der Waals surface area contributed by atoms with E-state index in [1.165, 1.54) is 5.56 Å². The molecule has 1 heterocycles. The van der Waals surface area contributed by atoms with E-state index in [1.807, 2.05) is 37.3 Å². The summed E-state index contributed by atoms with van der Waals surface area (Å²) in [5.41, 5.74) is 7.93. The Labute approximate surface area is 207 Å². The zero-order valence-corrected chi connectivity index (χ0v) is 21.1. The van der Waals surface area contributed by atoms with Gasteiger partial charge in [-0.15, -0.1) is 0 Å². The third-order valence-electron chi connectivity index (χ3n) is 4.78. The number of hydrogen-bond donors (Lipinski definition) is 1. The van der Waals surface area contributed by atoms with Gasteiger partial charge in [-0.1, -0.05) is 29.8 Å². The number of nitriles is 1. The van der Waals surface area contributed by atoms with Crippen LogP contribution >= 0.6 is 22.6 Å². The van der Waals surface area contributed by atoms with Crippen molar-refractivity contribution in [3.63, 3.8) is 0 Å². The summed E-state index contributed by atoms with van der Waals surface area (Å²) in [6.07, 6.45) is 1.65. The van der Waals surface area contributed by atoms with Gasteiger partial charge in [-0.3, -0.25) is 5.43 Å². The molecule has 170 valence electrons. The number of aromatic nitrogens is 1. The number of hydrazone groups is 1. The van der Waals surface area contributed by atoms with Gasteiger partial charge in [-0.05, 0) is 65.8 Å². The highest BCUT2D eigenvalue weighted by Gasteiger charge is 2.13. The third-order valence-corrected chi connectivity index (χ3v) is 5.58. The number of pyridine rings is 1. The third kappa shape index (κ3) is 6.43. The largest absolute Gasteiger partial charge is 0.493 e. The average Bonchev–Trinajstić information content (AvgIpc) is 2.79. The first kappa shape index (κ1) is 24.5. The molecule has 33 heavy (non-hydrogen) atoms. The number of hydrogen-bond acceptors (Lipinski definition) is 7. The van der Waals surface area contributed by atoms with Crippen molar-refractivity contribution in [1.29, 1.82) is 5.26 Å². The molecule has 1 N–H and O–H groups in total. The molecule has 0 saturated carbocycles. The van der Waals surface area contributed by atoms with E-state index in [0.29, 0.717) is 36.1 Å². The fourth-order valence-electron chi connectivity index (χ4n) is 3.18. The molecule has 0 aliphatic carbocycles. The first-order chi connectivity index (χ1) is 15.9. The van der Waals surface area contributed by atoms with E-state index in [-0.39, 0.29) is 0 Å². The number of benzene rings is 2. The topological polar surface area (TPSA) is 88.8 Å². The van der Waals surface area contributed by atoms with Crippen LogP contribution in [0.4, 0.5) is 5.82 Å². The number of nitrogens with one attached hydrogen (secondary N) is 1. The fraction of sp³-hybridized carbons (Fsp3) is 0.240. The van der Waals surface area contributed by atoms with Crippen molar-refractivity contribution in [3.05, 3.63) is 79.5 Å². The highest BCUT2D eigenvalue weighted by Crippen LogP contribution is 2.34. The molecule has 8 heteroatoms. The van der Waals surface area contributed by atoms with Crippen molar-refractivity contribution in [2.24, 2.45) is 5.10 Å². The highest BCUT2D eigenvalue weighted by atomic mass is 127. The van der Waals surface area contributed by atoms with Gasteiger partial charge in [-0.2, -0.15) is 10.4 Å². The minimum Gasteiger partial charge on any atom is -0.493 e. The van der Waals surface area contributed by atoms with Crippen molar-refractivity contribution in [1.82, 2.24) is 4.98 Å². The molecule has 0 amide bonds. The van der Waals surface area contributed by atoms with E-state index in [0.717, 1.165) is 26.0 Å². The molecule has 0 bridgehead atoms. The summed E-state index contributed by atoms with van der Waals surface area (Å²) in [5.74, 6) is 1.69. The van der Waals surface area contributed by atoms with E-state index >= 15 is 0 Å². The fourth-order valence-corrected chi connectivity index (χ4v) is 3.96. The maximum absolute atomic E-state index is 9.55. The molecule has 0 aliphatic heterocycles. The lowest BCUT2D eigenvalue weighted by Crippen LogP contribution is -2.04. The Balaban J connectivity index is 1.77. The van der Waals surface area contributed by atoms with Crippen molar-refractivity contribution in [2.75, 3.05) is 19.6 Å². The smallest absolute Gasteiger partial charge is 0.174 e. The number of methoxy groups -OCH3 is 2. The molecule has 0 fully saturated rings. The molecule has 0 aliphatic rings. The van der Waals surface area contributed by atoms with Gasteiger partial charge in [0.15, 0.2) is 17.3 Å². The van der Waals surface area contributed by atoms with Gasteiger partial charge in [0.25, 0.3) is 0 Å². The average molecular weight is 556 g/mol. The molecule has 7 nitrogen and oxygen atoms in total. The van der Waals surface area contributed by atoms with Crippen LogP contribution in [0.1, 0.15) is 33.5 Å². The molecule has 2 aromatic carbocycles. The predicted octanol–water partition coefficient (Wildman–Crippen LogP) is 5.35. The summed E-state index contributed by atoms with van der Waals surface area (Å²) in [6.45, 7) is 4.68. The first-order valence-corrected chi connectivity index (χ1v) is 11.3. The first-order valence-electron chi connectivity index (χ1n) is 10.2. The molecule has 0 spiro atoms. The van der Waals surface area contributed by atoms with E-state index in [1.54, 1.807) is 20.4 Å². The summed E-state index contributed by atoms with van der Waals surface area (Å²) in [4.78, 5) is 4.39. The molecular formula is C25H25IN4O3. The molecule has 0 saturated heterocycles. The standard InChI is InChI=1S/C25H25IN4O3/c1-16-5-7-18(8-6-16)14-33-24-22(26)10-19(11-23(24)32-4)13-28-30-25-21(12-27)20(15-31-3)9-17(2)29-25/h5-11,13H,14-15H2,1-4H3,(H,29,30). The second kappa shape index (κ2) is 11.6. The van der Waals surface area contributed by atoms with Crippen LogP contribution in [0.3, 0.4) is 0 Å². The van der Waals surface area contributed by atoms with Gasteiger partial charge in [0, 0.05) is 18.4 Å². The Bertz CT molecular complexity index is 1190. The lowest BCUT2D eigenvalue weighted by Gasteiger charge is -2.14. The SMILES string of the molecule is COCc1cc(C)nc(NN=Cc2cc(I)c(OCc3ccc(C)cc3)c(OC)c2)c1C#N. The van der Waals surface area contributed by atoms with Crippen LogP contribution in [-0.4, -0.2) is 25.4 Å². The molecule has 0 unspecified atom stereocenters. The van der Waals surface area contributed by atoms with Crippen LogP contribution in [-0.2, 0) is 18.0 Å². The van der Waals surface area contributed by atoms with Gasteiger partial charge in [-0.25, -0.2) is 4.98 Å². The van der Waals surface area contributed by atoms with Gasteiger partial charge in [0.05, 0.1) is 23.5 Å². The van der Waals surface area contributed by atoms with E-state index in [4.69, 9.17) is 14.2 Å². The predicted molar refractivity (Wildman–Crippen MR) is 137 cm³/mol. The number of ether oxygens (including phenoxy) is 3. The minimum absolute atomic E-state index is 0.324. The van der Waals surface area contributed by atoms with Crippen molar-refractivity contribution in [3.8, 4) is 17.6 Å². The van der Waals surface area contributed by atoms with Crippen molar-refractivity contribution >= 4 is 34.6 Å². The molecule has 0 radical (unpaired) electrons. The highest BCUT2D eigenvalue weighted by molar-refractivity contribution is 14.1. The maximum Gasteiger partial charge on any atom is 0.174 e. The second-order valence-electron chi connectivity index (χ2n) is 7.37. The Morgan fingerprint density at radius 2 is 1.88 bits per heavy atom. The lowest BCUT2D eigenvalue weighted by atomic mass is 10.1. The van der Waals surface area contributed by atoms with Crippen molar-refractivity contribution in [2.45, 2.75) is 27.1 Å². The number of rotatable bonds is 9. The monoisotopic (exact) mass is 556 g/mol. The maximum atomic E-state index is 9.55. The summed E-state index contributed by atoms with van der Waals surface area (Å²) in [7, 11) is 3.20. The van der Waals surface area contributed by atoms with Crippen molar-refractivity contribution < 1.29 is 14.2 Å². The number of aryl methyl sites for hydroxylation is 2. The Kier molecular flexibility index (Phi) is 8.63. The van der Waals surface area contributed by atoms with Crippen LogP contribution in [0.2, 0.25) is 0 Å². The lowest BCUT2D eigenvalue weighted by molar-refractivity contribution is 0.184. The van der Waals surface area contributed by atoms with E-state index < -0.39 is 0 Å². The molecule has 3 aromatic rings. The van der Waals surface area contributed by atoms with E-state index in [2.05, 4.69) is 63.2 Å². The molecule has 0 atom stereocenters. The van der Waals surface area contributed by atoms with Gasteiger partial charge in [0.1, 0.15) is 18.2 Å². The van der Waals surface area contributed by atoms with Crippen LogP contribution < -0.4 is 14.9 Å². The van der Waals surface area contributed by atoms with Crippen LogP contribution in [0, 0.1) is 28.7 Å². The minimum atomic E-state index is 0.324. The summed E-state index contributed by atoms with van der Waals surface area (Å²) in [5, 5.41) is 13.8. The summed E-state index contributed by atoms with van der Waals surface area (Å²) >= 11 is 2.22. The second-order valence-corrected chi connectivity index (χ2v) is 8.53. The van der Waals surface area contributed by atoms with Gasteiger partial charge >= 0.3 is 0 Å². The van der Waals surface area contributed by atoms with Gasteiger partial charge < -0.3 is 14.2 Å². The number of halogens is 1. The van der Waals surface area contributed by atoms with Gasteiger partial charge in [0.2, 0.25) is 0 Å². The molecular weight excluding hydrogens is 531 g/mol. The Morgan fingerprint density at radius 1 is 1.12 bits per heavy atom. The summed E-state index contributed by atoms with van der Waals surface area (Å²) in [6, 6.07) is 16.0. The number of anilines is 1. The van der Waals surface area contributed by atoms with Crippen LogP contribution in [0.5, 0.6) is 11.5 Å². The van der Waals surface area contributed by atoms with Crippen LogP contribution in [0.25, 0.3) is 0 Å². The quantitative estimate of drug-likeness (QED) is 0.217. The molecule has 3 rings (SSSR count). The summed E-state index contributed by atoms with van der Waals surface area (Å²) < 4.78 is 17.7. The Morgan fingerprint density at radius 3 is 2.55 bits per heavy atom. The Hall–Kier alpha value is -3.16. The normalized spacial score (nSPS) is 10.8. The van der Waals surface area contributed by atoms with Crippen LogP contribution in [0.15, 0.2) is 47.6 Å². The van der Waals surface area contributed by atoms with E-state index in [9.17, 15) is 5.26 Å². The zero-order valence-electron chi connectivity index (χ0n) is 19.0. The molecule has 1 aromatic heterocycles.